The number of hydrogen-bond donors (Lipinski definition) is 1. The summed E-state index contributed by atoms with van der Waals surface area (Å²) in [6.45, 7) is 0. The van der Waals surface area contributed by atoms with E-state index >= 15 is 0 Å². The summed E-state index contributed by atoms with van der Waals surface area (Å²) in [5.74, 6) is 1.83. The summed E-state index contributed by atoms with van der Waals surface area (Å²) in [7, 11) is 1.97. The van der Waals surface area contributed by atoms with Crippen molar-refractivity contribution in [3.05, 3.63) is 34.9 Å². The summed E-state index contributed by atoms with van der Waals surface area (Å²) in [6.07, 6.45) is 8.54. The molecule has 3 fully saturated rings. The molecular weight excluding hydrogens is 364 g/mol. The van der Waals surface area contributed by atoms with Gasteiger partial charge in [-0.15, -0.1) is 0 Å². The maximum Gasteiger partial charge on any atom is 0.170 e. The van der Waals surface area contributed by atoms with E-state index in [1.54, 1.807) is 0 Å². The summed E-state index contributed by atoms with van der Waals surface area (Å²) in [4.78, 5) is 15.2. The molecule has 3 aliphatic rings. The number of benzene rings is 1. The van der Waals surface area contributed by atoms with E-state index in [0.717, 1.165) is 36.7 Å². The topological polar surface area (TPSA) is 32.3 Å². The predicted molar refractivity (Wildman–Crippen MR) is 109 cm³/mol. The third-order valence-electron chi connectivity index (χ3n) is 6.90. The van der Waals surface area contributed by atoms with E-state index < -0.39 is 5.54 Å². The zero-order valence-corrected chi connectivity index (χ0v) is 16.9. The van der Waals surface area contributed by atoms with Crippen molar-refractivity contribution < 1.29 is 4.79 Å². The number of nitrogens with one attached hydrogen (secondary N) is 1. The lowest BCUT2D eigenvalue weighted by Crippen LogP contribution is -2.58. The number of rotatable bonds is 3. The molecule has 4 unspecified atom stereocenters. The highest BCUT2D eigenvalue weighted by Gasteiger charge is 2.48. The van der Waals surface area contributed by atoms with Crippen LogP contribution in [-0.2, 0) is 10.3 Å². The van der Waals surface area contributed by atoms with Gasteiger partial charge in [-0.05, 0) is 68.6 Å². The fourth-order valence-electron chi connectivity index (χ4n) is 5.48. The molecule has 1 aromatic carbocycles. The standard InChI is InChI=1S/C21H27ClN2OS/c1-24(20(26)23-18-13-14-9-10-15(18)12-14)21(11-5-4-8-19(21)25)16-6-2-3-7-17(16)22/h2-3,6-7,14-15,18H,4-5,8-13H2,1H3,(H,23,26). The molecule has 0 amide bonds. The van der Waals surface area contributed by atoms with Crippen LogP contribution >= 0.6 is 23.8 Å². The monoisotopic (exact) mass is 390 g/mol. The van der Waals surface area contributed by atoms with Crippen LogP contribution in [0.5, 0.6) is 0 Å². The molecule has 140 valence electrons. The Labute approximate surface area is 166 Å². The van der Waals surface area contributed by atoms with Gasteiger partial charge in [0, 0.05) is 30.1 Å². The summed E-state index contributed by atoms with van der Waals surface area (Å²) in [5, 5.41) is 4.95. The van der Waals surface area contributed by atoms with Gasteiger partial charge < -0.3 is 10.2 Å². The highest BCUT2D eigenvalue weighted by Crippen LogP contribution is 2.45. The summed E-state index contributed by atoms with van der Waals surface area (Å²) in [5.41, 5.74) is 0.157. The van der Waals surface area contributed by atoms with Gasteiger partial charge in [-0.1, -0.05) is 36.2 Å². The van der Waals surface area contributed by atoms with Crippen LogP contribution in [0.15, 0.2) is 24.3 Å². The molecule has 1 N–H and O–H groups in total. The normalized spacial score (nSPS) is 33.3. The van der Waals surface area contributed by atoms with Gasteiger partial charge in [-0.2, -0.15) is 0 Å². The van der Waals surface area contributed by atoms with Gasteiger partial charge in [0.15, 0.2) is 10.9 Å². The van der Waals surface area contributed by atoms with Gasteiger partial charge in [-0.3, -0.25) is 4.79 Å². The Balaban J connectivity index is 1.62. The van der Waals surface area contributed by atoms with E-state index in [0.29, 0.717) is 22.6 Å². The minimum atomic E-state index is -0.738. The number of hydrogen-bond acceptors (Lipinski definition) is 2. The van der Waals surface area contributed by atoms with Crippen molar-refractivity contribution in [3.63, 3.8) is 0 Å². The van der Waals surface area contributed by atoms with Crippen molar-refractivity contribution in [1.82, 2.24) is 10.2 Å². The van der Waals surface area contributed by atoms with E-state index in [1.165, 1.54) is 25.7 Å². The molecule has 0 spiro atoms. The van der Waals surface area contributed by atoms with Gasteiger partial charge >= 0.3 is 0 Å². The molecular formula is C21H27ClN2OS. The molecule has 0 heterocycles. The maximum atomic E-state index is 13.2. The molecule has 4 rings (SSSR count). The Hall–Kier alpha value is -1.13. The average molecular weight is 391 g/mol. The number of likely N-dealkylation sites (N-methyl/N-ethyl adjacent to an activating group) is 1. The van der Waals surface area contributed by atoms with E-state index in [9.17, 15) is 4.79 Å². The Morgan fingerprint density at radius 1 is 1.27 bits per heavy atom. The number of carbonyl (C=O) groups is 1. The fourth-order valence-corrected chi connectivity index (χ4v) is 6.08. The Morgan fingerprint density at radius 3 is 2.73 bits per heavy atom. The number of nitrogens with zero attached hydrogens (tertiary/aromatic N) is 1. The highest BCUT2D eigenvalue weighted by molar-refractivity contribution is 7.80. The maximum absolute atomic E-state index is 13.2. The molecule has 0 saturated heterocycles. The lowest BCUT2D eigenvalue weighted by atomic mass is 9.74. The number of halogens is 1. The van der Waals surface area contributed by atoms with Crippen molar-refractivity contribution in [2.24, 2.45) is 11.8 Å². The molecule has 4 atom stereocenters. The van der Waals surface area contributed by atoms with Crippen molar-refractivity contribution in [3.8, 4) is 0 Å². The average Bonchev–Trinajstić information content (AvgIpc) is 3.25. The molecule has 5 heteroatoms. The Kier molecular flexibility index (Phi) is 5.00. The van der Waals surface area contributed by atoms with Crippen LogP contribution < -0.4 is 5.32 Å². The zero-order valence-electron chi connectivity index (χ0n) is 15.3. The van der Waals surface area contributed by atoms with E-state index in [4.69, 9.17) is 23.8 Å². The third kappa shape index (κ3) is 2.95. The Morgan fingerprint density at radius 2 is 2.08 bits per heavy atom. The van der Waals surface area contributed by atoms with Crippen molar-refractivity contribution >= 4 is 34.7 Å². The van der Waals surface area contributed by atoms with E-state index in [-0.39, 0.29) is 5.78 Å². The molecule has 0 aliphatic heterocycles. The molecule has 1 aromatic rings. The second kappa shape index (κ2) is 7.12. The van der Waals surface area contributed by atoms with Crippen LogP contribution in [0.25, 0.3) is 0 Å². The molecule has 0 radical (unpaired) electrons. The van der Waals surface area contributed by atoms with Gasteiger partial charge in [0.1, 0.15) is 5.54 Å². The van der Waals surface area contributed by atoms with Gasteiger partial charge in [0.05, 0.1) is 0 Å². The number of fused-ring (bicyclic) bond motifs is 2. The SMILES string of the molecule is CN(C(=S)NC1CC2CCC1C2)C1(c2ccccc2Cl)CCCCC1=O. The number of thiocarbonyl (C=S) groups is 1. The summed E-state index contributed by atoms with van der Waals surface area (Å²) in [6, 6.07) is 8.21. The molecule has 3 aliphatic carbocycles. The van der Waals surface area contributed by atoms with Gasteiger partial charge in [-0.25, -0.2) is 0 Å². The number of carbonyl (C=O) groups excluding carboxylic acids is 1. The first-order valence-electron chi connectivity index (χ1n) is 9.85. The summed E-state index contributed by atoms with van der Waals surface area (Å²) < 4.78 is 0. The first-order valence-corrected chi connectivity index (χ1v) is 10.6. The third-order valence-corrected chi connectivity index (χ3v) is 7.62. The predicted octanol–water partition coefficient (Wildman–Crippen LogP) is 4.67. The number of Topliss-reactive ketones (excluding diaryl/α,β-unsaturated/α-hetero) is 1. The Bertz CT molecular complexity index is 724. The van der Waals surface area contributed by atoms with Crippen molar-refractivity contribution in [1.29, 1.82) is 0 Å². The van der Waals surface area contributed by atoms with E-state index in [1.807, 2.05) is 36.2 Å². The lowest BCUT2D eigenvalue weighted by molar-refractivity contribution is -0.131. The zero-order chi connectivity index (χ0) is 18.3. The van der Waals surface area contributed by atoms with Crippen LogP contribution in [0.1, 0.15) is 56.9 Å². The van der Waals surface area contributed by atoms with Gasteiger partial charge in [0.25, 0.3) is 0 Å². The second-order valence-corrected chi connectivity index (χ2v) is 9.05. The highest BCUT2D eigenvalue weighted by atomic mass is 35.5. The minimum absolute atomic E-state index is 0.233. The van der Waals surface area contributed by atoms with Crippen LogP contribution in [0.2, 0.25) is 5.02 Å². The van der Waals surface area contributed by atoms with E-state index in [2.05, 4.69) is 5.32 Å². The quantitative estimate of drug-likeness (QED) is 0.760. The van der Waals surface area contributed by atoms with Gasteiger partial charge in [0.2, 0.25) is 0 Å². The first-order chi connectivity index (χ1) is 12.5. The summed E-state index contributed by atoms with van der Waals surface area (Å²) >= 11 is 12.3. The van der Waals surface area contributed by atoms with Crippen LogP contribution in [0.4, 0.5) is 0 Å². The number of ketones is 1. The van der Waals surface area contributed by atoms with Crippen LogP contribution in [0.3, 0.4) is 0 Å². The second-order valence-electron chi connectivity index (χ2n) is 8.26. The minimum Gasteiger partial charge on any atom is -0.360 e. The molecule has 0 aromatic heterocycles. The largest absolute Gasteiger partial charge is 0.360 e. The first kappa shape index (κ1) is 18.2. The molecule has 3 saturated carbocycles. The molecule has 26 heavy (non-hydrogen) atoms. The molecule has 3 nitrogen and oxygen atoms in total. The van der Waals surface area contributed by atoms with Crippen molar-refractivity contribution in [2.45, 2.75) is 62.9 Å². The van der Waals surface area contributed by atoms with Crippen LogP contribution in [0, 0.1) is 11.8 Å². The van der Waals surface area contributed by atoms with Crippen LogP contribution in [-0.4, -0.2) is 28.9 Å². The van der Waals surface area contributed by atoms with Crippen molar-refractivity contribution in [2.75, 3.05) is 7.05 Å². The lowest BCUT2D eigenvalue weighted by Gasteiger charge is -2.45. The molecule has 2 bridgehead atoms. The fraction of sp³-hybridized carbons (Fsp3) is 0.619. The smallest absolute Gasteiger partial charge is 0.170 e.